The number of hydrogen-bond acceptors (Lipinski definition) is 8. The van der Waals surface area contributed by atoms with E-state index in [4.69, 9.17) is 24.3 Å². The molecule has 0 saturated carbocycles. The number of carbonyl (C=O) groups excluding carboxylic acids is 2. The molecule has 0 radical (unpaired) electrons. The second kappa shape index (κ2) is 58.2. The van der Waals surface area contributed by atoms with Gasteiger partial charge in [-0.05, 0) is 96.3 Å². The molecule has 0 bridgehead atoms. The summed E-state index contributed by atoms with van der Waals surface area (Å²) in [5.74, 6) is -0.877. The minimum Gasteiger partial charge on any atom is -0.462 e. The Hall–Kier alpha value is -3.07. The number of hydrogen-bond donors (Lipinski definition) is 2. The van der Waals surface area contributed by atoms with Gasteiger partial charge in [0.25, 0.3) is 0 Å². The fourth-order valence-corrected chi connectivity index (χ4v) is 8.85. The highest BCUT2D eigenvalue weighted by Crippen LogP contribution is 2.43. The van der Waals surface area contributed by atoms with Gasteiger partial charge < -0.3 is 20.1 Å². The van der Waals surface area contributed by atoms with Crippen molar-refractivity contribution >= 4 is 19.8 Å². The van der Waals surface area contributed by atoms with Crippen molar-refractivity contribution in [3.8, 4) is 0 Å². The molecule has 9 nitrogen and oxygen atoms in total. The molecule has 0 aliphatic carbocycles. The van der Waals surface area contributed by atoms with Gasteiger partial charge in [0.1, 0.15) is 6.61 Å². The third kappa shape index (κ3) is 58.1. The molecule has 3 N–H and O–H groups in total. The van der Waals surface area contributed by atoms with Crippen molar-refractivity contribution in [3.63, 3.8) is 0 Å². The topological polar surface area (TPSA) is 134 Å². The Bertz CT molecular complexity index is 1510. The quantitative estimate of drug-likeness (QED) is 0.0264. The lowest BCUT2D eigenvalue weighted by molar-refractivity contribution is -0.161. The summed E-state index contributed by atoms with van der Waals surface area (Å²) in [6.45, 7) is 3.58. The Morgan fingerprint density at radius 2 is 0.753 bits per heavy atom. The number of rotatable bonds is 55. The molecular formula is C63H110NO8P. The highest BCUT2D eigenvalue weighted by molar-refractivity contribution is 7.47. The van der Waals surface area contributed by atoms with E-state index in [0.717, 1.165) is 77.0 Å². The van der Waals surface area contributed by atoms with Crippen molar-refractivity contribution in [2.45, 2.75) is 264 Å². The summed E-state index contributed by atoms with van der Waals surface area (Å²) >= 11 is 0. The molecule has 0 fully saturated rings. The zero-order valence-electron chi connectivity index (χ0n) is 46.8. The summed E-state index contributed by atoms with van der Waals surface area (Å²) in [5.41, 5.74) is 5.38. The van der Waals surface area contributed by atoms with Gasteiger partial charge in [-0.2, -0.15) is 0 Å². The molecule has 0 saturated heterocycles. The highest BCUT2D eigenvalue weighted by atomic mass is 31.2. The number of ether oxygens (including phenoxy) is 2. The third-order valence-corrected chi connectivity index (χ3v) is 13.4. The minimum absolute atomic E-state index is 0.0421. The van der Waals surface area contributed by atoms with Crippen molar-refractivity contribution in [2.24, 2.45) is 5.73 Å². The average molecular weight is 1040 g/mol. The SMILES string of the molecule is CC/C=C\C/C=C\C/C=C\C/C=C\C/C=C\C/C=C\CCCCC(=O)OC(COC(=O)CCCCCCCCCCCCCCCCCCCCC/C=C\C/C=C\CCCCCCC)COP(=O)(O)OCCN. The Morgan fingerprint density at radius 1 is 0.425 bits per heavy atom. The third-order valence-electron chi connectivity index (χ3n) is 12.5. The van der Waals surface area contributed by atoms with Crippen molar-refractivity contribution in [1.82, 2.24) is 0 Å². The van der Waals surface area contributed by atoms with E-state index >= 15 is 0 Å². The number of phosphoric acid groups is 1. The average Bonchev–Trinajstić information content (AvgIpc) is 3.38. The maximum absolute atomic E-state index is 12.7. The lowest BCUT2D eigenvalue weighted by atomic mass is 10.0. The van der Waals surface area contributed by atoms with E-state index < -0.39 is 32.5 Å². The Kier molecular flexibility index (Phi) is 55.7. The summed E-state index contributed by atoms with van der Waals surface area (Å²) < 4.78 is 33.0. The van der Waals surface area contributed by atoms with Gasteiger partial charge in [0.05, 0.1) is 13.2 Å². The second-order valence-corrected chi connectivity index (χ2v) is 20.9. The van der Waals surface area contributed by atoms with Crippen LogP contribution in [0.4, 0.5) is 0 Å². The number of esters is 2. The maximum Gasteiger partial charge on any atom is 0.472 e. The molecule has 73 heavy (non-hydrogen) atoms. The molecule has 0 heterocycles. The van der Waals surface area contributed by atoms with E-state index in [2.05, 4.69) is 111 Å². The van der Waals surface area contributed by atoms with E-state index in [0.29, 0.717) is 6.42 Å². The monoisotopic (exact) mass is 1040 g/mol. The fourth-order valence-electron chi connectivity index (χ4n) is 8.08. The first-order valence-corrected chi connectivity index (χ1v) is 31.2. The summed E-state index contributed by atoms with van der Waals surface area (Å²) in [6.07, 6.45) is 77.6. The molecule has 420 valence electrons. The smallest absolute Gasteiger partial charge is 0.462 e. The Morgan fingerprint density at radius 3 is 1.15 bits per heavy atom. The maximum atomic E-state index is 12.7. The largest absolute Gasteiger partial charge is 0.472 e. The van der Waals surface area contributed by atoms with E-state index in [1.807, 2.05) is 0 Å². The molecule has 2 atom stereocenters. The van der Waals surface area contributed by atoms with Crippen LogP contribution in [-0.4, -0.2) is 49.3 Å². The molecule has 0 rings (SSSR count). The number of nitrogens with two attached hydrogens (primary N) is 1. The number of phosphoric ester groups is 1. The van der Waals surface area contributed by atoms with Gasteiger partial charge in [-0.1, -0.05) is 246 Å². The summed E-state index contributed by atoms with van der Waals surface area (Å²) in [7, 11) is -4.41. The van der Waals surface area contributed by atoms with Crippen molar-refractivity contribution in [2.75, 3.05) is 26.4 Å². The molecule has 10 heteroatoms. The molecule has 2 unspecified atom stereocenters. The minimum atomic E-state index is -4.41. The van der Waals surface area contributed by atoms with Crippen molar-refractivity contribution < 1.29 is 37.6 Å². The normalized spacial score (nSPS) is 13.8. The van der Waals surface area contributed by atoms with E-state index in [1.54, 1.807) is 0 Å². The van der Waals surface area contributed by atoms with Crippen LogP contribution >= 0.6 is 7.82 Å². The van der Waals surface area contributed by atoms with Gasteiger partial charge in [0.15, 0.2) is 6.10 Å². The van der Waals surface area contributed by atoms with Gasteiger partial charge in [-0.3, -0.25) is 18.6 Å². The Labute approximate surface area is 448 Å². The predicted molar refractivity (Wildman–Crippen MR) is 312 cm³/mol. The molecule has 0 aliphatic rings. The fraction of sp³-hybridized carbons (Fsp3) is 0.714. The van der Waals surface area contributed by atoms with Gasteiger partial charge >= 0.3 is 19.8 Å². The molecule has 0 spiro atoms. The molecule has 0 aromatic carbocycles. The summed E-state index contributed by atoms with van der Waals surface area (Å²) in [5, 5.41) is 0. The van der Waals surface area contributed by atoms with Crippen LogP contribution in [0.2, 0.25) is 0 Å². The van der Waals surface area contributed by atoms with Crippen molar-refractivity contribution in [1.29, 1.82) is 0 Å². The zero-order chi connectivity index (χ0) is 53.1. The predicted octanol–water partition coefficient (Wildman–Crippen LogP) is 18.8. The molecule has 0 aromatic rings. The van der Waals surface area contributed by atoms with Crippen LogP contribution in [0.5, 0.6) is 0 Å². The van der Waals surface area contributed by atoms with E-state index in [1.165, 1.54) is 148 Å². The Balaban J connectivity index is 3.98. The van der Waals surface area contributed by atoms with Crippen LogP contribution < -0.4 is 5.73 Å². The van der Waals surface area contributed by atoms with Crippen LogP contribution in [0.3, 0.4) is 0 Å². The highest BCUT2D eigenvalue weighted by Gasteiger charge is 2.26. The van der Waals surface area contributed by atoms with E-state index in [9.17, 15) is 19.0 Å². The van der Waals surface area contributed by atoms with Crippen LogP contribution in [0.25, 0.3) is 0 Å². The van der Waals surface area contributed by atoms with E-state index in [-0.39, 0.29) is 32.6 Å². The number of unbranched alkanes of at least 4 members (excludes halogenated alkanes) is 26. The van der Waals surface area contributed by atoms with Crippen LogP contribution in [-0.2, 0) is 32.7 Å². The van der Waals surface area contributed by atoms with Gasteiger partial charge in [0.2, 0.25) is 0 Å². The molecular weight excluding hydrogens is 930 g/mol. The molecule has 0 aliphatic heterocycles. The zero-order valence-corrected chi connectivity index (χ0v) is 47.7. The van der Waals surface area contributed by atoms with Crippen LogP contribution in [0.15, 0.2) is 97.2 Å². The van der Waals surface area contributed by atoms with Crippen LogP contribution in [0, 0.1) is 0 Å². The lowest BCUT2D eigenvalue weighted by Gasteiger charge is -2.19. The standard InChI is InChI=1S/C63H110NO8P/c1-3-5-7-9-11-13-15-17-19-21-23-25-26-27-28-29-30-31-32-33-34-36-37-39-41-43-45-47-49-51-53-55-62(65)69-59-61(60-71-73(67,68)70-58-57-64)72-63(66)56-54-52-50-48-46-44-42-40-38-35-24-22-20-18-16-14-12-10-8-6-4-2/h6,8,12,14-15,17-18,20-21,23-24,35,40,42,46,48,61H,3-5,7,9-11,13,16,19,22,25-34,36-39,41,43-45,47,49-60,64H2,1-2H3,(H,67,68)/b8-6-,14-12-,17-15-,20-18-,23-21-,35-24-,42-40-,48-46-. The first-order chi connectivity index (χ1) is 35.8. The number of carbonyl (C=O) groups is 2. The van der Waals surface area contributed by atoms with Gasteiger partial charge in [-0.25, -0.2) is 4.57 Å². The van der Waals surface area contributed by atoms with Gasteiger partial charge in [-0.15, -0.1) is 0 Å². The first kappa shape index (κ1) is 69.9. The van der Waals surface area contributed by atoms with Crippen molar-refractivity contribution in [3.05, 3.63) is 97.2 Å². The lowest BCUT2D eigenvalue weighted by Crippen LogP contribution is -2.29. The first-order valence-electron chi connectivity index (χ1n) is 29.7. The number of allylic oxidation sites excluding steroid dienone is 16. The summed E-state index contributed by atoms with van der Waals surface area (Å²) in [4.78, 5) is 35.2. The summed E-state index contributed by atoms with van der Waals surface area (Å²) in [6, 6.07) is 0. The second-order valence-electron chi connectivity index (χ2n) is 19.5. The van der Waals surface area contributed by atoms with Gasteiger partial charge in [0, 0.05) is 19.4 Å². The molecule has 0 amide bonds. The van der Waals surface area contributed by atoms with Crippen LogP contribution in [0.1, 0.15) is 258 Å². The molecule has 0 aromatic heterocycles.